The molecule has 1 aromatic carbocycles. The summed E-state index contributed by atoms with van der Waals surface area (Å²) in [6.07, 6.45) is 6.98. The summed E-state index contributed by atoms with van der Waals surface area (Å²) in [7, 11) is 1.59. The van der Waals surface area contributed by atoms with Gasteiger partial charge in [-0.2, -0.15) is 0 Å². The largest absolute Gasteiger partial charge is 0.493 e. The lowest BCUT2D eigenvalue weighted by molar-refractivity contribution is 0.0995. The Morgan fingerprint density at radius 2 is 1.91 bits per heavy atom. The third-order valence-electron chi connectivity index (χ3n) is 4.77. The van der Waals surface area contributed by atoms with Crippen LogP contribution in [0.1, 0.15) is 56.3 Å². The van der Waals surface area contributed by atoms with Gasteiger partial charge in [0, 0.05) is 17.6 Å². The smallest absolute Gasteiger partial charge is 0.161 e. The zero-order valence-electron chi connectivity index (χ0n) is 14.6. The number of aldehydes is 1. The predicted octanol–water partition coefficient (Wildman–Crippen LogP) is 3.93. The number of benzene rings is 1. The van der Waals surface area contributed by atoms with Gasteiger partial charge in [-0.3, -0.25) is 9.69 Å². The highest BCUT2D eigenvalue weighted by atomic mass is 16.5. The van der Waals surface area contributed by atoms with Gasteiger partial charge in [-0.25, -0.2) is 0 Å². The molecule has 0 unspecified atom stereocenters. The Morgan fingerprint density at radius 3 is 2.57 bits per heavy atom. The second kappa shape index (κ2) is 8.92. The quantitative estimate of drug-likeness (QED) is 0.537. The maximum Gasteiger partial charge on any atom is 0.161 e. The van der Waals surface area contributed by atoms with Gasteiger partial charge in [-0.15, -0.1) is 0 Å². The molecule has 23 heavy (non-hydrogen) atoms. The number of rotatable bonds is 8. The molecule has 1 fully saturated rings. The molecule has 1 saturated heterocycles. The summed E-state index contributed by atoms with van der Waals surface area (Å²) >= 11 is 0. The van der Waals surface area contributed by atoms with Crippen molar-refractivity contribution in [1.29, 1.82) is 0 Å². The molecule has 0 radical (unpaired) electrons. The maximum atomic E-state index is 10.8. The van der Waals surface area contributed by atoms with E-state index in [4.69, 9.17) is 9.47 Å². The molecule has 1 aliphatic heterocycles. The van der Waals surface area contributed by atoms with Crippen molar-refractivity contribution in [3.05, 3.63) is 23.8 Å². The molecule has 4 heteroatoms. The second-order valence-corrected chi connectivity index (χ2v) is 6.45. The first-order chi connectivity index (χ1) is 11.2. The first-order valence-corrected chi connectivity index (χ1v) is 8.67. The predicted molar refractivity (Wildman–Crippen MR) is 92.6 cm³/mol. The van der Waals surface area contributed by atoms with Gasteiger partial charge in [-0.1, -0.05) is 6.42 Å². The number of likely N-dealkylation sites (tertiary alicyclic amines) is 1. The van der Waals surface area contributed by atoms with Gasteiger partial charge in [0.15, 0.2) is 11.5 Å². The zero-order valence-corrected chi connectivity index (χ0v) is 14.6. The van der Waals surface area contributed by atoms with E-state index in [1.165, 1.54) is 19.3 Å². The van der Waals surface area contributed by atoms with Gasteiger partial charge in [0.05, 0.1) is 13.7 Å². The fourth-order valence-electron chi connectivity index (χ4n) is 3.37. The van der Waals surface area contributed by atoms with Crippen molar-refractivity contribution >= 4 is 6.29 Å². The first kappa shape index (κ1) is 17.8. The van der Waals surface area contributed by atoms with Crippen molar-refractivity contribution in [3.63, 3.8) is 0 Å². The van der Waals surface area contributed by atoms with Gasteiger partial charge in [-0.05, 0) is 64.3 Å². The van der Waals surface area contributed by atoms with Gasteiger partial charge in [0.2, 0.25) is 0 Å². The average Bonchev–Trinajstić information content (AvgIpc) is 2.57. The lowest BCUT2D eigenvalue weighted by atomic mass is 9.97. The molecule has 0 N–H and O–H groups in total. The minimum atomic E-state index is 0.599. The highest BCUT2D eigenvalue weighted by molar-refractivity contribution is 5.76. The fraction of sp³-hybridized carbons (Fsp3) is 0.632. The first-order valence-electron chi connectivity index (χ1n) is 8.67. The molecule has 1 aromatic rings. The number of unbranched alkanes of at least 4 members (excludes halogenated alkanes) is 1. The van der Waals surface area contributed by atoms with E-state index in [2.05, 4.69) is 18.7 Å². The summed E-state index contributed by atoms with van der Waals surface area (Å²) in [5, 5.41) is 0. The Bertz CT molecular complexity index is 493. The summed E-state index contributed by atoms with van der Waals surface area (Å²) in [4.78, 5) is 13.4. The van der Waals surface area contributed by atoms with Crippen LogP contribution in [0.5, 0.6) is 11.5 Å². The van der Waals surface area contributed by atoms with Crippen LogP contribution >= 0.6 is 0 Å². The van der Waals surface area contributed by atoms with Crippen LogP contribution in [-0.4, -0.2) is 43.5 Å². The molecule has 128 valence electrons. The number of piperidine rings is 1. The molecule has 0 aliphatic carbocycles. The number of carbonyl (C=O) groups excluding carboxylic acids is 1. The van der Waals surface area contributed by atoms with Crippen LogP contribution in [-0.2, 0) is 0 Å². The number of hydrogen-bond acceptors (Lipinski definition) is 4. The van der Waals surface area contributed by atoms with E-state index in [-0.39, 0.29) is 0 Å². The van der Waals surface area contributed by atoms with Crippen molar-refractivity contribution in [2.45, 2.75) is 58.0 Å². The molecular formula is C19H29NO3. The minimum absolute atomic E-state index is 0.599. The van der Waals surface area contributed by atoms with Crippen LogP contribution in [0.15, 0.2) is 18.2 Å². The number of methoxy groups -OCH3 is 1. The van der Waals surface area contributed by atoms with Crippen molar-refractivity contribution in [2.24, 2.45) is 0 Å². The summed E-state index contributed by atoms with van der Waals surface area (Å²) in [5.41, 5.74) is 0.599. The summed E-state index contributed by atoms with van der Waals surface area (Å²) < 4.78 is 11.1. The average molecular weight is 319 g/mol. The van der Waals surface area contributed by atoms with Crippen LogP contribution in [0.25, 0.3) is 0 Å². The van der Waals surface area contributed by atoms with Gasteiger partial charge >= 0.3 is 0 Å². The van der Waals surface area contributed by atoms with Crippen molar-refractivity contribution in [1.82, 2.24) is 4.90 Å². The van der Waals surface area contributed by atoms with E-state index in [1.54, 1.807) is 25.3 Å². The molecular weight excluding hydrogens is 290 g/mol. The molecule has 4 nitrogen and oxygen atoms in total. The van der Waals surface area contributed by atoms with E-state index in [0.717, 1.165) is 25.7 Å². The fourth-order valence-corrected chi connectivity index (χ4v) is 3.37. The minimum Gasteiger partial charge on any atom is -0.493 e. The summed E-state index contributed by atoms with van der Waals surface area (Å²) in [6.45, 7) is 6.50. The Morgan fingerprint density at radius 1 is 1.17 bits per heavy atom. The third kappa shape index (κ3) is 4.96. The Labute approximate surface area is 139 Å². The standard InChI is InChI=1S/C19H29NO3/c1-15-7-6-8-16(2)20(15)11-4-5-12-23-18-10-9-17(14-21)13-19(18)22-3/h9-10,13-16H,4-8,11-12H2,1-3H3/t15-,16+. The molecule has 0 aromatic heterocycles. The van der Waals surface area contributed by atoms with Gasteiger partial charge < -0.3 is 9.47 Å². The van der Waals surface area contributed by atoms with Gasteiger partial charge in [0.25, 0.3) is 0 Å². The molecule has 2 atom stereocenters. The number of hydrogen-bond donors (Lipinski definition) is 0. The summed E-state index contributed by atoms with van der Waals surface area (Å²) in [5.74, 6) is 1.32. The lowest BCUT2D eigenvalue weighted by Gasteiger charge is -2.39. The molecule has 0 bridgehead atoms. The summed E-state index contributed by atoms with van der Waals surface area (Å²) in [6, 6.07) is 6.67. The normalized spacial score (nSPS) is 21.9. The van der Waals surface area contributed by atoms with Crippen LogP contribution in [0, 0.1) is 0 Å². The number of ether oxygens (including phenoxy) is 2. The monoisotopic (exact) mass is 319 g/mol. The lowest BCUT2D eigenvalue weighted by Crippen LogP contribution is -2.44. The van der Waals surface area contributed by atoms with E-state index in [1.807, 2.05) is 0 Å². The third-order valence-corrected chi connectivity index (χ3v) is 4.77. The van der Waals surface area contributed by atoms with Gasteiger partial charge in [0.1, 0.15) is 6.29 Å². The molecule has 0 saturated carbocycles. The Kier molecular flexibility index (Phi) is 6.90. The molecule has 1 aliphatic rings. The van der Waals surface area contributed by atoms with Crippen molar-refractivity contribution in [3.8, 4) is 11.5 Å². The number of carbonyl (C=O) groups is 1. The van der Waals surface area contributed by atoms with E-state index >= 15 is 0 Å². The maximum absolute atomic E-state index is 10.8. The highest BCUT2D eigenvalue weighted by Crippen LogP contribution is 2.28. The van der Waals surface area contributed by atoms with Crippen LogP contribution in [0.2, 0.25) is 0 Å². The molecule has 0 amide bonds. The molecule has 1 heterocycles. The zero-order chi connectivity index (χ0) is 16.7. The Hall–Kier alpha value is -1.55. The van der Waals surface area contributed by atoms with E-state index in [9.17, 15) is 4.79 Å². The Balaban J connectivity index is 1.74. The SMILES string of the molecule is COc1cc(C=O)ccc1OCCCCN1[C@H](C)CCC[C@@H]1C. The van der Waals surface area contributed by atoms with Crippen molar-refractivity contribution in [2.75, 3.05) is 20.3 Å². The second-order valence-electron chi connectivity index (χ2n) is 6.45. The van der Waals surface area contributed by atoms with Crippen LogP contribution in [0.4, 0.5) is 0 Å². The molecule has 0 spiro atoms. The van der Waals surface area contributed by atoms with Crippen molar-refractivity contribution < 1.29 is 14.3 Å². The topological polar surface area (TPSA) is 38.8 Å². The highest BCUT2D eigenvalue weighted by Gasteiger charge is 2.23. The van der Waals surface area contributed by atoms with E-state index < -0.39 is 0 Å². The van der Waals surface area contributed by atoms with E-state index in [0.29, 0.717) is 35.8 Å². The number of nitrogens with zero attached hydrogens (tertiary/aromatic N) is 1. The molecule has 2 rings (SSSR count). The van der Waals surface area contributed by atoms with Crippen LogP contribution < -0.4 is 9.47 Å². The van der Waals surface area contributed by atoms with Crippen LogP contribution in [0.3, 0.4) is 0 Å².